The van der Waals surface area contributed by atoms with Gasteiger partial charge in [-0.2, -0.15) is 9.78 Å². The van der Waals surface area contributed by atoms with Crippen molar-refractivity contribution in [3.8, 4) is 11.4 Å². The highest BCUT2D eigenvalue weighted by molar-refractivity contribution is 5.36. The minimum absolute atomic E-state index is 0.0731. The molecule has 0 saturated carbocycles. The van der Waals surface area contributed by atoms with Gasteiger partial charge in [-0.1, -0.05) is 32.9 Å². The van der Waals surface area contributed by atoms with Crippen molar-refractivity contribution < 1.29 is 5.11 Å². The normalized spacial score (nSPS) is 11.0. The number of benzene rings is 1. The summed E-state index contributed by atoms with van der Waals surface area (Å²) in [6, 6.07) is 8.93. The van der Waals surface area contributed by atoms with Crippen molar-refractivity contribution in [3.63, 3.8) is 0 Å². The van der Waals surface area contributed by atoms with E-state index in [1.165, 1.54) is 16.3 Å². The third-order valence-electron chi connectivity index (χ3n) is 3.33. The van der Waals surface area contributed by atoms with Crippen LogP contribution in [0, 0.1) is 0 Å². The Morgan fingerprint density at radius 1 is 1.29 bits per heavy atom. The van der Waals surface area contributed by atoms with E-state index in [0.29, 0.717) is 23.8 Å². The standard InChI is InChI=1S/C16H21N3O2/c1-4-17-10-14-15(20)9-16(21)19(18-14)13-7-5-12(6-8-13)11(2)3/h5-9,11,17,20H,4,10H2,1-3H3. The Labute approximate surface area is 124 Å². The summed E-state index contributed by atoms with van der Waals surface area (Å²) in [6.07, 6.45) is 0. The Morgan fingerprint density at radius 2 is 1.95 bits per heavy atom. The third kappa shape index (κ3) is 3.49. The topological polar surface area (TPSA) is 67.2 Å². The van der Waals surface area contributed by atoms with Gasteiger partial charge in [-0.25, -0.2) is 0 Å². The number of nitrogens with zero attached hydrogens (tertiary/aromatic N) is 2. The summed E-state index contributed by atoms with van der Waals surface area (Å²) in [5.41, 5.74) is 2.02. The molecule has 0 spiro atoms. The quantitative estimate of drug-likeness (QED) is 0.884. The predicted octanol–water partition coefficient (Wildman–Crippen LogP) is 2.17. The van der Waals surface area contributed by atoms with Gasteiger partial charge in [0.05, 0.1) is 5.69 Å². The molecule has 112 valence electrons. The minimum atomic E-state index is -0.343. The molecule has 0 aliphatic carbocycles. The van der Waals surface area contributed by atoms with Crippen molar-refractivity contribution in [2.45, 2.75) is 33.2 Å². The maximum absolute atomic E-state index is 12.0. The number of aromatic hydroxyl groups is 1. The molecule has 0 bridgehead atoms. The van der Waals surface area contributed by atoms with Gasteiger partial charge in [0, 0.05) is 12.6 Å². The summed E-state index contributed by atoms with van der Waals surface area (Å²) in [7, 11) is 0. The highest BCUT2D eigenvalue weighted by atomic mass is 16.3. The highest BCUT2D eigenvalue weighted by Gasteiger charge is 2.09. The van der Waals surface area contributed by atoms with E-state index >= 15 is 0 Å². The molecule has 2 aromatic rings. The van der Waals surface area contributed by atoms with E-state index in [2.05, 4.69) is 24.3 Å². The predicted molar refractivity (Wildman–Crippen MR) is 83.0 cm³/mol. The average Bonchev–Trinajstić information content (AvgIpc) is 2.46. The Kier molecular flexibility index (Phi) is 4.75. The Bertz CT molecular complexity index is 660. The van der Waals surface area contributed by atoms with Gasteiger partial charge in [0.15, 0.2) is 0 Å². The van der Waals surface area contributed by atoms with E-state index in [1.807, 2.05) is 31.2 Å². The molecule has 2 rings (SSSR count). The van der Waals surface area contributed by atoms with E-state index in [0.717, 1.165) is 6.54 Å². The van der Waals surface area contributed by atoms with Gasteiger partial charge in [0.25, 0.3) is 5.56 Å². The van der Waals surface area contributed by atoms with E-state index < -0.39 is 0 Å². The number of hydrogen-bond donors (Lipinski definition) is 2. The summed E-state index contributed by atoms with van der Waals surface area (Å²) in [5, 5.41) is 17.1. The van der Waals surface area contributed by atoms with Crippen LogP contribution >= 0.6 is 0 Å². The molecule has 21 heavy (non-hydrogen) atoms. The summed E-state index contributed by atoms with van der Waals surface area (Å²) in [6.45, 7) is 7.40. The summed E-state index contributed by atoms with van der Waals surface area (Å²) < 4.78 is 1.32. The smallest absolute Gasteiger partial charge is 0.275 e. The van der Waals surface area contributed by atoms with Crippen LogP contribution in [-0.2, 0) is 6.54 Å². The largest absolute Gasteiger partial charge is 0.506 e. The summed E-state index contributed by atoms with van der Waals surface area (Å²) in [5.74, 6) is 0.365. The Hall–Kier alpha value is -2.14. The van der Waals surface area contributed by atoms with Gasteiger partial charge in [-0.15, -0.1) is 0 Å². The van der Waals surface area contributed by atoms with Gasteiger partial charge in [0.1, 0.15) is 11.4 Å². The molecule has 5 nitrogen and oxygen atoms in total. The van der Waals surface area contributed by atoms with Crippen molar-refractivity contribution in [1.82, 2.24) is 15.1 Å². The first-order chi connectivity index (χ1) is 10.0. The second-order valence-electron chi connectivity index (χ2n) is 5.25. The third-order valence-corrected chi connectivity index (χ3v) is 3.33. The second kappa shape index (κ2) is 6.54. The van der Waals surface area contributed by atoms with Gasteiger partial charge < -0.3 is 10.4 Å². The molecule has 0 atom stereocenters. The molecule has 0 aliphatic heterocycles. The number of rotatable bonds is 5. The molecule has 0 saturated heterocycles. The molecule has 0 radical (unpaired) electrons. The molecule has 2 N–H and O–H groups in total. The molecule has 0 unspecified atom stereocenters. The molecule has 0 aliphatic rings. The second-order valence-corrected chi connectivity index (χ2v) is 5.25. The first kappa shape index (κ1) is 15.3. The fraction of sp³-hybridized carbons (Fsp3) is 0.375. The van der Waals surface area contributed by atoms with E-state index in [9.17, 15) is 9.90 Å². The van der Waals surface area contributed by atoms with Crippen molar-refractivity contribution in [1.29, 1.82) is 0 Å². The fourth-order valence-electron chi connectivity index (χ4n) is 2.04. The zero-order valence-electron chi connectivity index (χ0n) is 12.6. The van der Waals surface area contributed by atoms with E-state index in [4.69, 9.17) is 0 Å². The summed E-state index contributed by atoms with van der Waals surface area (Å²) >= 11 is 0. The lowest BCUT2D eigenvalue weighted by Crippen LogP contribution is -2.24. The SMILES string of the molecule is CCNCc1nn(-c2ccc(C(C)C)cc2)c(=O)cc1O. The highest BCUT2D eigenvalue weighted by Crippen LogP contribution is 2.17. The van der Waals surface area contributed by atoms with E-state index in [1.54, 1.807) is 0 Å². The molecular formula is C16H21N3O2. The van der Waals surface area contributed by atoms with Crippen LogP contribution in [0.15, 0.2) is 35.1 Å². The number of hydrogen-bond acceptors (Lipinski definition) is 4. The van der Waals surface area contributed by atoms with Crippen LogP contribution in [0.2, 0.25) is 0 Å². The van der Waals surface area contributed by atoms with Crippen molar-refractivity contribution in [2.24, 2.45) is 0 Å². The lowest BCUT2D eigenvalue weighted by molar-refractivity contribution is 0.452. The number of aromatic nitrogens is 2. The van der Waals surface area contributed by atoms with Crippen molar-refractivity contribution >= 4 is 0 Å². The Morgan fingerprint density at radius 3 is 2.52 bits per heavy atom. The van der Waals surface area contributed by atoms with Crippen molar-refractivity contribution in [3.05, 3.63) is 51.9 Å². The van der Waals surface area contributed by atoms with Gasteiger partial charge >= 0.3 is 0 Å². The molecule has 1 aromatic carbocycles. The first-order valence-corrected chi connectivity index (χ1v) is 7.16. The van der Waals surface area contributed by atoms with Crippen LogP contribution in [0.5, 0.6) is 5.75 Å². The molecule has 5 heteroatoms. The molecular weight excluding hydrogens is 266 g/mol. The molecule has 0 fully saturated rings. The minimum Gasteiger partial charge on any atom is -0.506 e. The fourth-order valence-corrected chi connectivity index (χ4v) is 2.04. The van der Waals surface area contributed by atoms with Crippen LogP contribution in [0.25, 0.3) is 5.69 Å². The first-order valence-electron chi connectivity index (χ1n) is 7.16. The number of nitrogens with one attached hydrogen (secondary N) is 1. The summed E-state index contributed by atoms with van der Waals surface area (Å²) in [4.78, 5) is 12.0. The maximum atomic E-state index is 12.0. The molecule has 1 aromatic heterocycles. The van der Waals surface area contributed by atoms with Crippen LogP contribution in [-0.4, -0.2) is 21.4 Å². The van der Waals surface area contributed by atoms with E-state index in [-0.39, 0.29) is 11.3 Å². The average molecular weight is 287 g/mol. The lowest BCUT2D eigenvalue weighted by atomic mass is 10.0. The monoisotopic (exact) mass is 287 g/mol. The maximum Gasteiger partial charge on any atom is 0.275 e. The van der Waals surface area contributed by atoms with Gasteiger partial charge in [0.2, 0.25) is 0 Å². The molecule has 1 heterocycles. The van der Waals surface area contributed by atoms with Crippen LogP contribution in [0.3, 0.4) is 0 Å². The van der Waals surface area contributed by atoms with Crippen molar-refractivity contribution in [2.75, 3.05) is 6.54 Å². The van der Waals surface area contributed by atoms with Crippen LogP contribution in [0.4, 0.5) is 0 Å². The molecule has 0 amide bonds. The Balaban J connectivity index is 2.40. The van der Waals surface area contributed by atoms with Gasteiger partial charge in [-0.3, -0.25) is 4.79 Å². The van der Waals surface area contributed by atoms with Gasteiger partial charge in [-0.05, 0) is 30.2 Å². The van der Waals surface area contributed by atoms with Crippen LogP contribution in [0.1, 0.15) is 37.9 Å². The zero-order valence-corrected chi connectivity index (χ0v) is 12.6. The zero-order chi connectivity index (χ0) is 15.4. The van der Waals surface area contributed by atoms with Crippen LogP contribution < -0.4 is 10.9 Å². The lowest BCUT2D eigenvalue weighted by Gasteiger charge is -2.10.